The largest absolute Gasteiger partial charge is 0.416 e. The van der Waals surface area contributed by atoms with Gasteiger partial charge in [0.05, 0.1) is 16.6 Å². The average molecular weight is 430 g/mol. The Morgan fingerprint density at radius 3 is 2.55 bits per heavy atom. The van der Waals surface area contributed by atoms with Crippen molar-refractivity contribution in [3.63, 3.8) is 0 Å². The second-order valence-electron chi connectivity index (χ2n) is 7.73. The number of alkyl halides is 3. The Morgan fingerprint density at radius 2 is 1.87 bits per heavy atom. The number of aromatic nitrogens is 2. The zero-order chi connectivity index (χ0) is 22.2. The number of rotatable bonds is 6. The third-order valence-corrected chi connectivity index (χ3v) is 5.39. The lowest BCUT2D eigenvalue weighted by molar-refractivity contribution is -0.137. The van der Waals surface area contributed by atoms with E-state index in [4.69, 9.17) is 0 Å². The van der Waals surface area contributed by atoms with E-state index in [0.717, 1.165) is 29.0 Å². The van der Waals surface area contributed by atoms with Gasteiger partial charge in [-0.2, -0.15) is 13.2 Å². The van der Waals surface area contributed by atoms with E-state index in [1.54, 1.807) is 6.92 Å². The van der Waals surface area contributed by atoms with Crippen LogP contribution in [0.15, 0.2) is 48.5 Å². The number of hydrogen-bond donors (Lipinski definition) is 3. The molecule has 0 bridgehead atoms. The summed E-state index contributed by atoms with van der Waals surface area (Å²) in [4.78, 5) is 32.5. The van der Waals surface area contributed by atoms with Gasteiger partial charge in [0.15, 0.2) is 0 Å². The van der Waals surface area contributed by atoms with E-state index in [0.29, 0.717) is 12.0 Å². The third-order valence-electron chi connectivity index (χ3n) is 5.39. The molecule has 1 aliphatic carbocycles. The van der Waals surface area contributed by atoms with Crippen molar-refractivity contribution >= 4 is 22.8 Å². The molecule has 1 saturated carbocycles. The lowest BCUT2D eigenvalue weighted by atomic mass is 10.1. The quantitative estimate of drug-likeness (QED) is 0.559. The van der Waals surface area contributed by atoms with E-state index in [-0.39, 0.29) is 24.3 Å². The Bertz CT molecular complexity index is 1070. The SMILES string of the molecule is C[C@H](NC(=O)[C@H]1C[C@@H]1c1nc2ccccc2[nH]1)C(=O)NCc1ccc(C(F)(F)F)cc1. The minimum atomic E-state index is -4.40. The number of benzene rings is 2. The Balaban J connectivity index is 1.26. The molecule has 1 heterocycles. The first-order chi connectivity index (χ1) is 14.7. The summed E-state index contributed by atoms with van der Waals surface area (Å²) < 4.78 is 37.8. The van der Waals surface area contributed by atoms with Crippen molar-refractivity contribution in [2.45, 2.75) is 38.0 Å². The lowest BCUT2D eigenvalue weighted by Gasteiger charge is -2.14. The molecule has 162 valence electrons. The predicted molar refractivity (Wildman–Crippen MR) is 108 cm³/mol. The molecule has 3 N–H and O–H groups in total. The third kappa shape index (κ3) is 4.70. The van der Waals surface area contributed by atoms with Gasteiger partial charge in [0, 0.05) is 18.4 Å². The first kappa shape index (κ1) is 20.9. The summed E-state index contributed by atoms with van der Waals surface area (Å²) in [6, 6.07) is 11.4. The number of halogens is 3. The van der Waals surface area contributed by atoms with Gasteiger partial charge in [-0.25, -0.2) is 4.98 Å². The van der Waals surface area contributed by atoms with Gasteiger partial charge in [0.1, 0.15) is 11.9 Å². The molecule has 6 nitrogen and oxygen atoms in total. The van der Waals surface area contributed by atoms with Gasteiger partial charge in [0.25, 0.3) is 0 Å². The molecular formula is C22H21F3N4O2. The molecule has 4 rings (SSSR count). The Morgan fingerprint density at radius 1 is 1.16 bits per heavy atom. The molecule has 2 aromatic carbocycles. The van der Waals surface area contributed by atoms with Crippen LogP contribution in [0.5, 0.6) is 0 Å². The highest BCUT2D eigenvalue weighted by Crippen LogP contribution is 2.46. The molecule has 1 aliphatic rings. The molecule has 0 radical (unpaired) electrons. The standard InChI is InChI=1S/C22H21F3N4O2/c1-12(20(30)26-11-13-6-8-14(9-7-13)22(23,24)25)27-21(31)16-10-15(16)19-28-17-4-2-3-5-18(17)29-19/h2-9,12,15-16H,10-11H2,1H3,(H,26,30)(H,27,31)(H,28,29)/t12-,15-,16-/m0/s1. The van der Waals surface area contributed by atoms with E-state index in [9.17, 15) is 22.8 Å². The Hall–Kier alpha value is -3.36. The van der Waals surface area contributed by atoms with E-state index in [2.05, 4.69) is 20.6 Å². The lowest BCUT2D eigenvalue weighted by Crippen LogP contribution is -2.45. The molecule has 2 amide bonds. The average Bonchev–Trinajstić information content (AvgIpc) is 3.43. The van der Waals surface area contributed by atoms with Crippen LogP contribution >= 0.6 is 0 Å². The molecule has 1 fully saturated rings. The van der Waals surface area contributed by atoms with Crippen LogP contribution in [0.1, 0.15) is 36.2 Å². The number of amides is 2. The fraction of sp³-hybridized carbons (Fsp3) is 0.318. The molecular weight excluding hydrogens is 409 g/mol. The van der Waals surface area contributed by atoms with Crippen LogP contribution in [0.4, 0.5) is 13.2 Å². The molecule has 3 atom stereocenters. The Kier molecular flexibility index (Phi) is 5.43. The van der Waals surface area contributed by atoms with E-state index in [1.165, 1.54) is 12.1 Å². The number of nitrogens with zero attached hydrogens (tertiary/aromatic N) is 1. The zero-order valence-electron chi connectivity index (χ0n) is 16.7. The summed E-state index contributed by atoms with van der Waals surface area (Å²) in [5, 5.41) is 5.33. The maximum absolute atomic E-state index is 12.6. The molecule has 1 aromatic heterocycles. The van der Waals surface area contributed by atoms with Crippen molar-refractivity contribution in [3.05, 3.63) is 65.5 Å². The summed E-state index contributed by atoms with van der Waals surface area (Å²) in [6.45, 7) is 1.64. The smallest absolute Gasteiger partial charge is 0.350 e. The van der Waals surface area contributed by atoms with Crippen molar-refractivity contribution in [2.75, 3.05) is 0 Å². The number of fused-ring (bicyclic) bond motifs is 1. The number of carbonyl (C=O) groups excluding carboxylic acids is 2. The van der Waals surface area contributed by atoms with Crippen molar-refractivity contribution in [3.8, 4) is 0 Å². The van der Waals surface area contributed by atoms with Crippen molar-refractivity contribution in [2.24, 2.45) is 5.92 Å². The van der Waals surface area contributed by atoms with Crippen molar-refractivity contribution < 1.29 is 22.8 Å². The monoisotopic (exact) mass is 430 g/mol. The highest BCUT2D eigenvalue weighted by Gasteiger charge is 2.46. The number of aromatic amines is 1. The highest BCUT2D eigenvalue weighted by atomic mass is 19.4. The maximum atomic E-state index is 12.6. The van der Waals surface area contributed by atoms with Gasteiger partial charge in [-0.3, -0.25) is 9.59 Å². The van der Waals surface area contributed by atoms with Gasteiger partial charge >= 0.3 is 6.18 Å². The molecule has 0 unspecified atom stereocenters. The molecule has 31 heavy (non-hydrogen) atoms. The van der Waals surface area contributed by atoms with Gasteiger partial charge in [-0.05, 0) is 43.2 Å². The predicted octanol–water partition coefficient (Wildman–Crippen LogP) is 3.51. The van der Waals surface area contributed by atoms with Gasteiger partial charge < -0.3 is 15.6 Å². The van der Waals surface area contributed by atoms with Crippen LogP contribution < -0.4 is 10.6 Å². The summed E-state index contributed by atoms with van der Waals surface area (Å²) >= 11 is 0. The number of carbonyl (C=O) groups is 2. The molecule has 0 aliphatic heterocycles. The highest BCUT2D eigenvalue weighted by molar-refractivity contribution is 5.90. The number of H-pyrrole nitrogens is 1. The minimum Gasteiger partial charge on any atom is -0.350 e. The number of imidazole rings is 1. The first-order valence-electron chi connectivity index (χ1n) is 9.91. The fourth-order valence-electron chi connectivity index (χ4n) is 3.47. The van der Waals surface area contributed by atoms with Crippen LogP contribution in [0.25, 0.3) is 11.0 Å². The summed E-state index contributed by atoms with van der Waals surface area (Å²) in [5.74, 6) is -0.113. The van der Waals surface area contributed by atoms with Crippen LogP contribution in [0.3, 0.4) is 0 Å². The Labute approximate surface area is 176 Å². The topological polar surface area (TPSA) is 86.9 Å². The molecule has 0 spiro atoms. The number of hydrogen-bond acceptors (Lipinski definition) is 3. The second kappa shape index (κ2) is 8.05. The first-order valence-corrected chi connectivity index (χ1v) is 9.91. The fourth-order valence-corrected chi connectivity index (χ4v) is 3.47. The van der Waals surface area contributed by atoms with E-state index < -0.39 is 23.7 Å². The number of para-hydroxylation sites is 2. The van der Waals surface area contributed by atoms with Gasteiger partial charge in [-0.15, -0.1) is 0 Å². The zero-order valence-corrected chi connectivity index (χ0v) is 16.7. The number of nitrogens with one attached hydrogen (secondary N) is 3. The van der Waals surface area contributed by atoms with Crippen LogP contribution in [0, 0.1) is 5.92 Å². The maximum Gasteiger partial charge on any atom is 0.416 e. The summed E-state index contributed by atoms with van der Waals surface area (Å²) in [7, 11) is 0. The summed E-state index contributed by atoms with van der Waals surface area (Å²) in [6.07, 6.45) is -3.74. The van der Waals surface area contributed by atoms with E-state index >= 15 is 0 Å². The van der Waals surface area contributed by atoms with E-state index in [1.807, 2.05) is 24.3 Å². The molecule has 3 aromatic rings. The van der Waals surface area contributed by atoms with Crippen molar-refractivity contribution in [1.82, 2.24) is 20.6 Å². The summed E-state index contributed by atoms with van der Waals surface area (Å²) in [5.41, 5.74) is 1.55. The normalized spacial score (nSPS) is 19.1. The molecule has 9 heteroatoms. The second-order valence-corrected chi connectivity index (χ2v) is 7.73. The van der Waals surface area contributed by atoms with Crippen LogP contribution in [-0.2, 0) is 22.3 Å². The minimum absolute atomic E-state index is 0.00481. The van der Waals surface area contributed by atoms with Gasteiger partial charge in [0.2, 0.25) is 11.8 Å². The molecule has 0 saturated heterocycles. The van der Waals surface area contributed by atoms with Gasteiger partial charge in [-0.1, -0.05) is 24.3 Å². The van der Waals surface area contributed by atoms with Crippen LogP contribution in [-0.4, -0.2) is 27.8 Å². The van der Waals surface area contributed by atoms with Crippen molar-refractivity contribution in [1.29, 1.82) is 0 Å². The van der Waals surface area contributed by atoms with Crippen LogP contribution in [0.2, 0.25) is 0 Å².